The molecule has 0 unspecified atom stereocenters. The average molecular weight is 377 g/mol. The fourth-order valence-electron chi connectivity index (χ4n) is 2.22. The third-order valence-corrected chi connectivity index (χ3v) is 3.98. The van der Waals surface area contributed by atoms with E-state index in [-0.39, 0.29) is 6.03 Å². The van der Waals surface area contributed by atoms with Gasteiger partial charge in [0.15, 0.2) is 0 Å². The third-order valence-electron chi connectivity index (χ3n) is 3.45. The fourth-order valence-corrected chi connectivity index (χ4v) is 2.49. The molecule has 23 heavy (non-hydrogen) atoms. The number of halogens is 1. The number of amides is 2. The second-order valence-corrected chi connectivity index (χ2v) is 6.06. The number of hydrogen-bond acceptors (Lipinski definition) is 2. The lowest BCUT2D eigenvalue weighted by molar-refractivity contribution is 0.247. The van der Waals surface area contributed by atoms with Crippen LogP contribution in [0.1, 0.15) is 18.1 Å². The number of rotatable bonds is 6. The summed E-state index contributed by atoms with van der Waals surface area (Å²) in [5, 5.41) is 5.73. The Kier molecular flexibility index (Phi) is 6.47. The Morgan fingerprint density at radius 2 is 1.91 bits per heavy atom. The van der Waals surface area contributed by atoms with Crippen molar-refractivity contribution in [3.8, 4) is 5.75 Å². The molecule has 0 spiro atoms. The van der Waals surface area contributed by atoms with Crippen molar-refractivity contribution in [1.82, 2.24) is 5.32 Å². The second-order valence-electron chi connectivity index (χ2n) is 5.15. The molecule has 0 aliphatic carbocycles. The predicted molar refractivity (Wildman–Crippen MR) is 97.2 cm³/mol. The first kappa shape index (κ1) is 17.3. The van der Waals surface area contributed by atoms with Gasteiger partial charge in [-0.2, -0.15) is 0 Å². The van der Waals surface area contributed by atoms with E-state index in [2.05, 4.69) is 33.5 Å². The minimum Gasteiger partial charge on any atom is -0.492 e. The number of carbonyl (C=O) groups excluding carboxylic acids is 1. The first-order valence-electron chi connectivity index (χ1n) is 7.62. The van der Waals surface area contributed by atoms with Crippen molar-refractivity contribution in [2.24, 2.45) is 0 Å². The van der Waals surface area contributed by atoms with Crippen LogP contribution in [0, 0.1) is 6.92 Å². The lowest BCUT2D eigenvalue weighted by Crippen LogP contribution is -2.32. The highest BCUT2D eigenvalue weighted by Gasteiger charge is 2.07. The van der Waals surface area contributed by atoms with Gasteiger partial charge < -0.3 is 15.4 Å². The second kappa shape index (κ2) is 8.58. The highest BCUT2D eigenvalue weighted by molar-refractivity contribution is 9.10. The maximum absolute atomic E-state index is 12.0. The molecule has 0 atom stereocenters. The fraction of sp³-hybridized carbons (Fsp3) is 0.278. The van der Waals surface area contributed by atoms with Crippen LogP contribution in [0.3, 0.4) is 0 Å². The molecular formula is C18H21BrN2O2. The van der Waals surface area contributed by atoms with E-state index in [1.807, 2.05) is 49.4 Å². The van der Waals surface area contributed by atoms with Gasteiger partial charge in [0.1, 0.15) is 12.4 Å². The van der Waals surface area contributed by atoms with Gasteiger partial charge in [0.2, 0.25) is 0 Å². The number of ether oxygens (including phenoxy) is 1. The molecule has 2 aromatic rings. The van der Waals surface area contributed by atoms with Crippen molar-refractivity contribution >= 4 is 27.6 Å². The minimum atomic E-state index is -0.214. The van der Waals surface area contributed by atoms with E-state index in [1.165, 1.54) is 0 Å². The van der Waals surface area contributed by atoms with Gasteiger partial charge in [-0.25, -0.2) is 4.79 Å². The van der Waals surface area contributed by atoms with Gasteiger partial charge in [-0.15, -0.1) is 0 Å². The molecule has 0 aliphatic heterocycles. The molecule has 0 fully saturated rings. The monoisotopic (exact) mass is 376 g/mol. The zero-order valence-electron chi connectivity index (χ0n) is 13.4. The summed E-state index contributed by atoms with van der Waals surface area (Å²) in [6.45, 7) is 4.92. The van der Waals surface area contributed by atoms with Crippen molar-refractivity contribution in [2.45, 2.75) is 20.3 Å². The molecule has 0 aromatic heterocycles. The summed E-state index contributed by atoms with van der Waals surface area (Å²) in [5.41, 5.74) is 3.08. The summed E-state index contributed by atoms with van der Waals surface area (Å²) in [7, 11) is 0. The van der Waals surface area contributed by atoms with Crippen molar-refractivity contribution in [2.75, 3.05) is 18.5 Å². The first-order valence-corrected chi connectivity index (χ1v) is 8.41. The number of anilines is 1. The topological polar surface area (TPSA) is 50.4 Å². The largest absolute Gasteiger partial charge is 0.492 e. The van der Waals surface area contributed by atoms with Gasteiger partial charge in [0.05, 0.1) is 6.54 Å². The van der Waals surface area contributed by atoms with Crippen LogP contribution in [0.5, 0.6) is 5.75 Å². The van der Waals surface area contributed by atoms with E-state index < -0.39 is 0 Å². The molecule has 2 aromatic carbocycles. The molecule has 0 saturated carbocycles. The Balaban J connectivity index is 1.78. The van der Waals surface area contributed by atoms with Gasteiger partial charge >= 0.3 is 6.03 Å². The molecule has 0 radical (unpaired) electrons. The molecular weight excluding hydrogens is 356 g/mol. The van der Waals surface area contributed by atoms with Crippen molar-refractivity contribution in [1.29, 1.82) is 0 Å². The van der Waals surface area contributed by atoms with Crippen LogP contribution in [0.2, 0.25) is 0 Å². The predicted octanol–water partition coefficient (Wildman–Crippen LogP) is 4.52. The number of urea groups is 1. The Labute approximate surface area is 145 Å². The summed E-state index contributed by atoms with van der Waals surface area (Å²) in [6.07, 6.45) is 0.879. The maximum atomic E-state index is 12.0. The van der Waals surface area contributed by atoms with Crippen molar-refractivity contribution in [3.05, 3.63) is 58.1 Å². The lowest BCUT2D eigenvalue weighted by Gasteiger charge is -2.14. The highest BCUT2D eigenvalue weighted by atomic mass is 79.9. The van der Waals surface area contributed by atoms with Crippen LogP contribution in [0.25, 0.3) is 0 Å². The Morgan fingerprint density at radius 1 is 1.17 bits per heavy atom. The Bertz CT molecular complexity index is 657. The van der Waals surface area contributed by atoms with E-state index in [4.69, 9.17) is 4.74 Å². The van der Waals surface area contributed by atoms with E-state index in [1.54, 1.807) is 0 Å². The third kappa shape index (κ3) is 5.28. The SMILES string of the molecule is CCc1cccc(C)c1NC(=O)NCCOc1ccc(Br)cc1. The van der Waals surface area contributed by atoms with Gasteiger partial charge in [0.25, 0.3) is 0 Å². The van der Waals surface area contributed by atoms with E-state index in [0.29, 0.717) is 13.2 Å². The van der Waals surface area contributed by atoms with Gasteiger partial charge in [-0.3, -0.25) is 0 Å². The van der Waals surface area contributed by atoms with Crippen molar-refractivity contribution in [3.63, 3.8) is 0 Å². The minimum absolute atomic E-state index is 0.214. The maximum Gasteiger partial charge on any atom is 0.319 e. The summed E-state index contributed by atoms with van der Waals surface area (Å²) in [6, 6.07) is 13.4. The Hall–Kier alpha value is -2.01. The summed E-state index contributed by atoms with van der Waals surface area (Å²) >= 11 is 3.37. The van der Waals surface area contributed by atoms with Crippen LogP contribution in [-0.4, -0.2) is 19.2 Å². The van der Waals surface area contributed by atoms with Crippen LogP contribution in [-0.2, 0) is 6.42 Å². The smallest absolute Gasteiger partial charge is 0.319 e. The molecule has 0 saturated heterocycles. The molecule has 2 amide bonds. The lowest BCUT2D eigenvalue weighted by atomic mass is 10.1. The van der Waals surface area contributed by atoms with Crippen LogP contribution in [0.15, 0.2) is 46.9 Å². The number of benzene rings is 2. The van der Waals surface area contributed by atoms with Gasteiger partial charge in [0, 0.05) is 10.2 Å². The number of nitrogens with one attached hydrogen (secondary N) is 2. The number of carbonyl (C=O) groups is 1. The summed E-state index contributed by atoms with van der Waals surface area (Å²) < 4.78 is 6.57. The number of para-hydroxylation sites is 1. The summed E-state index contributed by atoms with van der Waals surface area (Å²) in [5.74, 6) is 0.780. The molecule has 0 bridgehead atoms. The molecule has 2 N–H and O–H groups in total. The van der Waals surface area contributed by atoms with Gasteiger partial charge in [-0.1, -0.05) is 41.1 Å². The Morgan fingerprint density at radius 3 is 2.61 bits per heavy atom. The molecule has 4 nitrogen and oxygen atoms in total. The van der Waals surface area contributed by atoms with Crippen LogP contribution in [0.4, 0.5) is 10.5 Å². The normalized spacial score (nSPS) is 10.2. The zero-order valence-corrected chi connectivity index (χ0v) is 14.9. The molecule has 122 valence electrons. The van der Waals surface area contributed by atoms with Crippen molar-refractivity contribution < 1.29 is 9.53 Å². The molecule has 0 aliphatic rings. The quantitative estimate of drug-likeness (QED) is 0.728. The zero-order chi connectivity index (χ0) is 16.7. The van der Waals surface area contributed by atoms with E-state index in [0.717, 1.165) is 33.5 Å². The highest BCUT2D eigenvalue weighted by Crippen LogP contribution is 2.20. The number of hydrogen-bond donors (Lipinski definition) is 2. The standard InChI is InChI=1S/C18H21BrN2O2/c1-3-14-6-4-5-13(2)17(14)21-18(22)20-11-12-23-16-9-7-15(19)8-10-16/h4-10H,3,11-12H2,1-2H3,(H2,20,21,22). The van der Waals surface area contributed by atoms with E-state index >= 15 is 0 Å². The molecule has 2 rings (SSSR count). The first-order chi connectivity index (χ1) is 11.1. The molecule has 5 heteroatoms. The average Bonchev–Trinajstić information content (AvgIpc) is 2.55. The number of aryl methyl sites for hydroxylation is 2. The van der Waals surface area contributed by atoms with E-state index in [9.17, 15) is 4.79 Å². The van der Waals surface area contributed by atoms with Crippen LogP contribution >= 0.6 is 15.9 Å². The molecule has 0 heterocycles. The van der Waals surface area contributed by atoms with Gasteiger partial charge in [-0.05, 0) is 48.7 Å². The van der Waals surface area contributed by atoms with Crippen LogP contribution < -0.4 is 15.4 Å². The summed E-state index contributed by atoms with van der Waals surface area (Å²) in [4.78, 5) is 12.0.